The topological polar surface area (TPSA) is 52.6 Å². The third kappa shape index (κ3) is 3.89. The number of rotatable bonds is 5. The van der Waals surface area contributed by atoms with E-state index in [2.05, 4.69) is 0 Å². The van der Waals surface area contributed by atoms with Gasteiger partial charge in [-0.25, -0.2) is 4.79 Å². The molecule has 1 aromatic carbocycles. The maximum absolute atomic E-state index is 11.7. The first-order valence-electron chi connectivity index (χ1n) is 6.26. The van der Waals surface area contributed by atoms with Crippen molar-refractivity contribution in [2.75, 3.05) is 7.11 Å². The molecule has 0 aromatic heterocycles. The van der Waals surface area contributed by atoms with Crippen LogP contribution in [0.4, 0.5) is 0 Å². The van der Waals surface area contributed by atoms with Crippen molar-refractivity contribution in [2.24, 2.45) is 0 Å². The Hall–Kier alpha value is -1.68. The average molecular weight is 264 g/mol. The molecule has 4 nitrogen and oxygen atoms in total. The fraction of sp³-hybridized carbons (Fsp3) is 0.467. The van der Waals surface area contributed by atoms with E-state index in [1.54, 1.807) is 19.1 Å². The second kappa shape index (κ2) is 6.48. The summed E-state index contributed by atoms with van der Waals surface area (Å²) in [4.78, 5) is 23.3. The molecule has 1 atom stereocenters. The van der Waals surface area contributed by atoms with Gasteiger partial charge in [-0.15, -0.1) is 0 Å². The number of esters is 1. The minimum Gasteiger partial charge on any atom is -0.424 e. The molecule has 104 valence electrons. The minimum atomic E-state index is -0.662. The fourth-order valence-electron chi connectivity index (χ4n) is 1.56. The van der Waals surface area contributed by atoms with Crippen molar-refractivity contribution >= 4 is 11.8 Å². The first-order valence-corrected chi connectivity index (χ1v) is 6.26. The SMILES string of the molecule is COC(C)C(=O)Oc1ccc(C(C)C)cc1C(C)=O. The van der Waals surface area contributed by atoms with E-state index in [1.807, 2.05) is 19.9 Å². The van der Waals surface area contributed by atoms with Crippen LogP contribution in [0, 0.1) is 0 Å². The summed E-state index contributed by atoms with van der Waals surface area (Å²) in [6.45, 7) is 7.13. The largest absolute Gasteiger partial charge is 0.424 e. The lowest BCUT2D eigenvalue weighted by Gasteiger charge is -2.14. The van der Waals surface area contributed by atoms with Crippen LogP contribution in [0.15, 0.2) is 18.2 Å². The lowest BCUT2D eigenvalue weighted by atomic mass is 9.99. The van der Waals surface area contributed by atoms with E-state index in [-0.39, 0.29) is 11.5 Å². The molecule has 1 unspecified atom stereocenters. The maximum atomic E-state index is 11.7. The van der Waals surface area contributed by atoms with Gasteiger partial charge in [0, 0.05) is 7.11 Å². The first kappa shape index (κ1) is 15.4. The number of hydrogen-bond acceptors (Lipinski definition) is 4. The van der Waals surface area contributed by atoms with Crippen LogP contribution in [0.2, 0.25) is 0 Å². The molecule has 0 N–H and O–H groups in total. The van der Waals surface area contributed by atoms with Crippen LogP contribution in [-0.2, 0) is 9.53 Å². The van der Waals surface area contributed by atoms with Crippen LogP contribution in [0.25, 0.3) is 0 Å². The molecule has 1 aromatic rings. The third-order valence-corrected chi connectivity index (χ3v) is 2.95. The molecular weight excluding hydrogens is 244 g/mol. The Morgan fingerprint density at radius 2 is 1.79 bits per heavy atom. The van der Waals surface area contributed by atoms with Gasteiger partial charge < -0.3 is 9.47 Å². The summed E-state index contributed by atoms with van der Waals surface area (Å²) >= 11 is 0. The molecule has 0 amide bonds. The Kier molecular flexibility index (Phi) is 5.24. The monoisotopic (exact) mass is 264 g/mol. The van der Waals surface area contributed by atoms with Crippen molar-refractivity contribution in [3.63, 3.8) is 0 Å². The number of carbonyl (C=O) groups is 2. The van der Waals surface area contributed by atoms with Crippen molar-refractivity contribution in [3.05, 3.63) is 29.3 Å². The van der Waals surface area contributed by atoms with E-state index in [1.165, 1.54) is 14.0 Å². The molecule has 0 heterocycles. The van der Waals surface area contributed by atoms with Gasteiger partial charge in [-0.1, -0.05) is 19.9 Å². The summed E-state index contributed by atoms with van der Waals surface area (Å²) in [5, 5.41) is 0. The number of ether oxygens (including phenoxy) is 2. The van der Waals surface area contributed by atoms with Crippen molar-refractivity contribution < 1.29 is 19.1 Å². The fourth-order valence-corrected chi connectivity index (χ4v) is 1.56. The molecule has 0 saturated carbocycles. The molecule has 1 rings (SSSR count). The van der Waals surface area contributed by atoms with E-state index in [0.29, 0.717) is 11.5 Å². The Balaban J connectivity index is 3.07. The predicted octanol–water partition coefficient (Wildman–Crippen LogP) is 2.95. The molecule has 0 fully saturated rings. The van der Waals surface area contributed by atoms with Gasteiger partial charge in [-0.2, -0.15) is 0 Å². The van der Waals surface area contributed by atoms with Crippen LogP contribution in [0.1, 0.15) is 49.5 Å². The molecule has 0 aliphatic rings. The molecule has 4 heteroatoms. The van der Waals surface area contributed by atoms with E-state index in [0.717, 1.165) is 5.56 Å². The molecular formula is C15H20O4. The zero-order valence-electron chi connectivity index (χ0n) is 12.0. The molecule has 19 heavy (non-hydrogen) atoms. The zero-order valence-corrected chi connectivity index (χ0v) is 12.0. The summed E-state index contributed by atoms with van der Waals surface area (Å²) in [6, 6.07) is 5.29. The van der Waals surface area contributed by atoms with E-state index >= 15 is 0 Å². The van der Waals surface area contributed by atoms with Gasteiger partial charge in [0.1, 0.15) is 5.75 Å². The second-order valence-corrected chi connectivity index (χ2v) is 4.77. The van der Waals surface area contributed by atoms with E-state index in [9.17, 15) is 9.59 Å². The summed E-state index contributed by atoms with van der Waals surface area (Å²) in [5.41, 5.74) is 1.45. The van der Waals surface area contributed by atoms with E-state index < -0.39 is 12.1 Å². The van der Waals surface area contributed by atoms with Crippen molar-refractivity contribution in [1.82, 2.24) is 0 Å². The number of methoxy groups -OCH3 is 1. The van der Waals surface area contributed by atoms with Crippen LogP contribution >= 0.6 is 0 Å². The van der Waals surface area contributed by atoms with Crippen LogP contribution in [0.3, 0.4) is 0 Å². The van der Waals surface area contributed by atoms with E-state index in [4.69, 9.17) is 9.47 Å². The standard InChI is InChI=1S/C15H20O4/c1-9(2)12-6-7-14(13(8-12)10(3)16)19-15(17)11(4)18-5/h6-9,11H,1-5H3. The zero-order chi connectivity index (χ0) is 14.6. The number of Topliss-reactive ketones (excluding diaryl/α,β-unsaturated/α-hetero) is 1. The van der Waals surface area contributed by atoms with Crippen molar-refractivity contribution in [2.45, 2.75) is 39.7 Å². The molecule has 0 aliphatic carbocycles. The molecule has 0 radical (unpaired) electrons. The summed E-state index contributed by atoms with van der Waals surface area (Å²) < 4.78 is 10.1. The first-order chi connectivity index (χ1) is 8.86. The van der Waals surface area contributed by atoms with Crippen molar-refractivity contribution in [3.8, 4) is 5.75 Å². The number of hydrogen-bond donors (Lipinski definition) is 0. The lowest BCUT2D eigenvalue weighted by molar-refractivity contribution is -0.144. The highest BCUT2D eigenvalue weighted by atomic mass is 16.6. The second-order valence-electron chi connectivity index (χ2n) is 4.77. The van der Waals surface area contributed by atoms with Gasteiger partial charge in [0.15, 0.2) is 11.9 Å². The third-order valence-electron chi connectivity index (χ3n) is 2.95. The highest BCUT2D eigenvalue weighted by Crippen LogP contribution is 2.25. The summed E-state index contributed by atoms with van der Waals surface area (Å²) in [7, 11) is 1.43. The number of carbonyl (C=O) groups excluding carboxylic acids is 2. The molecule has 0 saturated heterocycles. The van der Waals surface area contributed by atoms with Gasteiger partial charge in [-0.3, -0.25) is 4.79 Å². The van der Waals surface area contributed by atoms with Gasteiger partial charge in [0.25, 0.3) is 0 Å². The summed E-state index contributed by atoms with van der Waals surface area (Å²) in [6.07, 6.45) is -0.662. The van der Waals surface area contributed by atoms with Gasteiger partial charge >= 0.3 is 5.97 Å². The molecule has 0 aliphatic heterocycles. The average Bonchev–Trinajstić information content (AvgIpc) is 2.37. The Morgan fingerprint density at radius 3 is 2.26 bits per heavy atom. The quantitative estimate of drug-likeness (QED) is 0.466. The van der Waals surface area contributed by atoms with Gasteiger partial charge in [0.2, 0.25) is 0 Å². The predicted molar refractivity (Wildman–Crippen MR) is 72.6 cm³/mol. The van der Waals surface area contributed by atoms with Crippen molar-refractivity contribution in [1.29, 1.82) is 0 Å². The molecule has 0 spiro atoms. The highest BCUT2D eigenvalue weighted by Gasteiger charge is 2.18. The van der Waals surface area contributed by atoms with Gasteiger partial charge in [0.05, 0.1) is 5.56 Å². The molecule has 0 bridgehead atoms. The normalized spacial score (nSPS) is 12.3. The number of benzene rings is 1. The Bertz CT molecular complexity index is 477. The Morgan fingerprint density at radius 1 is 1.16 bits per heavy atom. The Labute approximate surface area is 113 Å². The number of ketones is 1. The minimum absolute atomic E-state index is 0.129. The highest BCUT2D eigenvalue weighted by molar-refractivity contribution is 5.97. The van der Waals surface area contributed by atoms with Crippen LogP contribution < -0.4 is 4.74 Å². The summed E-state index contributed by atoms with van der Waals surface area (Å²) in [5.74, 6) is -0.0517. The maximum Gasteiger partial charge on any atom is 0.340 e. The van der Waals surface area contributed by atoms with Crippen LogP contribution in [-0.4, -0.2) is 25.0 Å². The van der Waals surface area contributed by atoms with Gasteiger partial charge in [-0.05, 0) is 37.5 Å². The lowest BCUT2D eigenvalue weighted by Crippen LogP contribution is -2.25. The smallest absolute Gasteiger partial charge is 0.340 e. The van der Waals surface area contributed by atoms with Crippen LogP contribution in [0.5, 0.6) is 5.75 Å².